The Kier molecular flexibility index (Phi) is 26.4. The molecule has 101 heavy (non-hydrogen) atoms. The molecule has 10 aliphatic heterocycles. The van der Waals surface area contributed by atoms with Gasteiger partial charge in [0.25, 0.3) is 0 Å². The van der Waals surface area contributed by atoms with Crippen molar-refractivity contribution in [3.8, 4) is 45.3 Å². The number of benzene rings is 5. The van der Waals surface area contributed by atoms with E-state index in [1.165, 1.54) is 85.0 Å². The summed E-state index contributed by atoms with van der Waals surface area (Å²) in [6, 6.07) is 35.9. The molecule has 13 heteroatoms. The summed E-state index contributed by atoms with van der Waals surface area (Å²) < 4.78 is 29.4. The topological polar surface area (TPSA) is 90.9 Å². The average Bonchev–Trinajstić information content (AvgIpc) is 1.67. The molecule has 10 aliphatic rings. The maximum Gasteiger partial charge on any atom is 2.00 e. The van der Waals surface area contributed by atoms with Crippen LogP contribution in [-0.4, -0.2) is 36.4 Å². The fraction of sp³-hybridized carbons (Fsp3) is 0.409. The van der Waals surface area contributed by atoms with Crippen LogP contribution < -0.4 is 39.4 Å². The molecule has 8 nitrogen and oxygen atoms in total. The summed E-state index contributed by atoms with van der Waals surface area (Å²) in [5.74, 6) is 3.60. The third-order valence-corrected chi connectivity index (χ3v) is 25.0. The van der Waals surface area contributed by atoms with Gasteiger partial charge in [0.05, 0.1) is 57.7 Å². The van der Waals surface area contributed by atoms with E-state index < -0.39 is 0 Å². The van der Waals surface area contributed by atoms with E-state index in [1.54, 1.807) is 0 Å². The molecule has 0 fully saturated rings. The van der Waals surface area contributed by atoms with Crippen molar-refractivity contribution in [1.29, 1.82) is 0 Å². The molecule has 13 heterocycles. The number of hydrogen-bond acceptors (Lipinski definition) is 10. The summed E-state index contributed by atoms with van der Waals surface area (Å²) in [6.07, 6.45) is 25.4. The first-order chi connectivity index (χ1) is 49.1. The molecule has 0 saturated carbocycles. The summed E-state index contributed by atoms with van der Waals surface area (Å²) in [4.78, 5) is 23.5. The van der Waals surface area contributed by atoms with Crippen molar-refractivity contribution in [2.75, 3.05) is 26.4 Å². The zero-order chi connectivity index (χ0) is 68.9. The van der Waals surface area contributed by atoms with Gasteiger partial charge in [0, 0.05) is 10.4 Å². The predicted octanol–water partition coefficient (Wildman–Crippen LogP) is 24.7. The van der Waals surface area contributed by atoms with Crippen LogP contribution in [-0.2, 0) is 32.3 Å². The van der Waals surface area contributed by atoms with E-state index in [2.05, 4.69) is 174 Å². The summed E-state index contributed by atoms with van der Waals surface area (Å²) in [5, 5.41) is 16.4. The van der Waals surface area contributed by atoms with Crippen molar-refractivity contribution in [2.24, 2.45) is 0 Å². The van der Waals surface area contributed by atoms with E-state index in [4.69, 9.17) is 38.9 Å². The van der Waals surface area contributed by atoms with Crippen LogP contribution in [0.3, 0.4) is 0 Å². The third kappa shape index (κ3) is 16.9. The zero-order valence-electron chi connectivity index (χ0n) is 61.1. The largest absolute Gasteiger partial charge is 2.00 e. The van der Waals surface area contributed by atoms with E-state index in [1.807, 2.05) is 47.0 Å². The first kappa shape index (κ1) is 74.4. The number of nitrogens with zero attached hydrogens (tertiary/aromatic N) is 4. The van der Waals surface area contributed by atoms with Gasteiger partial charge in [-0.25, -0.2) is 9.97 Å². The molecule has 0 saturated heterocycles. The minimum Gasteiger partial charge on any atom is -0.657 e. The van der Waals surface area contributed by atoms with Crippen molar-refractivity contribution >= 4 is 121 Å². The van der Waals surface area contributed by atoms with Gasteiger partial charge in [0.15, 0.2) is 0 Å². The number of unbranched alkanes of at least 4 members (excludes halogenated alkanes) is 4. The first-order valence-corrected chi connectivity index (χ1v) is 41.2. The molecule has 3 aromatic heterocycles. The van der Waals surface area contributed by atoms with Gasteiger partial charge in [0.1, 0.15) is 23.0 Å². The molecule has 0 unspecified atom stereocenters. The van der Waals surface area contributed by atoms with Gasteiger partial charge >= 0.3 is 19.5 Å². The quantitative estimate of drug-likeness (QED) is 0.0862. The van der Waals surface area contributed by atoms with Gasteiger partial charge in [0.2, 0.25) is 0 Å². The van der Waals surface area contributed by atoms with Crippen LogP contribution in [0.2, 0.25) is 0 Å². The second-order valence-corrected chi connectivity index (χ2v) is 31.9. The first-order valence-electron chi connectivity index (χ1n) is 37.7. The molecule has 0 radical (unpaired) electrons. The summed E-state index contributed by atoms with van der Waals surface area (Å²) in [7, 11) is 0. The molecular weight excluding hydrogens is 1370 g/mol. The Morgan fingerprint density at radius 1 is 0.386 bits per heavy atom. The van der Waals surface area contributed by atoms with Crippen LogP contribution in [0.5, 0.6) is 23.0 Å². The maximum absolute atomic E-state index is 6.75. The van der Waals surface area contributed by atoms with Crippen molar-refractivity contribution in [3.05, 3.63) is 174 Å². The SMILES string of the molecule is CCCCC1=C(C)c2nc1cc1[n-]c(c(C)c1CCCC)c1c3nc(cc4[n-]c(c(C)c4CCCC)c2-c2cccc(c2)OCCCCCCCCOc2ccc4c(=C5SC=CS5)c5cc(ccc5c(=C5SC=CS5)c4c2)OCCCCCCCCOc2cccc-1c2)C(CCCC)=C3C.[Zn+2]. The zero-order valence-corrected chi connectivity index (χ0v) is 67.3. The van der Waals surface area contributed by atoms with Gasteiger partial charge < -0.3 is 28.9 Å². The van der Waals surface area contributed by atoms with E-state index in [9.17, 15) is 0 Å². The number of aryl methyl sites for hydroxylation is 4. The van der Waals surface area contributed by atoms with Crippen LogP contribution in [0.15, 0.2) is 119 Å². The van der Waals surface area contributed by atoms with Gasteiger partial charge in [-0.05, 0) is 253 Å². The van der Waals surface area contributed by atoms with Gasteiger partial charge in [-0.15, -0.1) is 22.1 Å². The average molecular weight is 1470 g/mol. The van der Waals surface area contributed by atoms with Crippen molar-refractivity contribution in [3.63, 3.8) is 0 Å². The van der Waals surface area contributed by atoms with E-state index in [0.29, 0.717) is 26.4 Å². The number of allylic oxidation sites excluding steroid dienone is 4. The molecule has 0 N–H and O–H groups in total. The number of aromatic nitrogens is 4. The standard InChI is InChI=1S/C88H100N4O4S4.Zn/c1-9-13-35-67-57(5)83-79-61-31-29-33-63(51-61)93-43-25-21-17-19-23-27-45-95-65-39-41-71-73(53-65)81(87-97-47-48-98-87)72-42-40-66(54-74(72)82(71)88-99-49-50-100-88)96-46-28-24-20-18-22-26-44-94-64-34-30-32-62(52-64)80(85-58(6)68(36-14-10-2)76(90-85)55-75(67)89-83)86-60(8)70(38-16-12-4)78(92-86)56-77-69(37-15-11-3)59(7)84(79)91-77;/h29-34,39-42,47-56H,9-28,35-38,43-46H2,1-8H3;/q-2;+2. The monoisotopic (exact) mass is 1470 g/mol. The molecule has 0 amide bonds. The third-order valence-electron chi connectivity index (χ3n) is 20.7. The Morgan fingerprint density at radius 2 is 0.733 bits per heavy atom. The molecule has 18 rings (SSSR count). The van der Waals surface area contributed by atoms with Gasteiger partial charge in [-0.2, -0.15) is 0 Å². The Labute approximate surface area is 630 Å². The molecule has 0 spiro atoms. The summed E-state index contributed by atoms with van der Waals surface area (Å²) >= 11 is 7.27. The molecular formula is C88H100N4O4S4Zn. The number of rotatable bonds is 12. The minimum atomic E-state index is 0. The molecule has 0 aliphatic carbocycles. The second kappa shape index (κ2) is 35.9. The Hall–Kier alpha value is -6.34. The minimum absolute atomic E-state index is 0. The smallest absolute Gasteiger partial charge is 0.657 e. The van der Waals surface area contributed by atoms with Crippen LogP contribution in [0, 0.1) is 13.8 Å². The molecule has 5 aromatic carbocycles. The maximum atomic E-state index is 6.75. The van der Waals surface area contributed by atoms with Crippen LogP contribution in [0.1, 0.15) is 228 Å². The normalized spacial score (nSPS) is 16.0. The molecule has 20 bridgehead atoms. The fourth-order valence-corrected chi connectivity index (χ4v) is 19.0. The molecule has 8 aromatic rings. The fourth-order valence-electron chi connectivity index (χ4n) is 15.1. The summed E-state index contributed by atoms with van der Waals surface area (Å²) in [6.45, 7) is 21.1. The number of hydrogen-bond donors (Lipinski definition) is 0. The van der Waals surface area contributed by atoms with E-state index >= 15 is 0 Å². The van der Waals surface area contributed by atoms with Crippen LogP contribution in [0.4, 0.5) is 0 Å². The van der Waals surface area contributed by atoms with Crippen molar-refractivity contribution < 1.29 is 38.4 Å². The summed E-state index contributed by atoms with van der Waals surface area (Å²) in [5.41, 5.74) is 22.3. The van der Waals surface area contributed by atoms with E-state index in [0.717, 1.165) is 244 Å². The second-order valence-electron chi connectivity index (χ2n) is 27.7. The predicted molar refractivity (Wildman–Crippen MR) is 434 cm³/mol. The molecule has 522 valence electrons. The van der Waals surface area contributed by atoms with Crippen molar-refractivity contribution in [1.82, 2.24) is 19.9 Å². The van der Waals surface area contributed by atoms with Crippen LogP contribution in [0.25, 0.3) is 96.6 Å². The number of thioether (sulfide) groups is 4. The Morgan fingerprint density at radius 3 is 1.10 bits per heavy atom. The van der Waals surface area contributed by atoms with Gasteiger partial charge in [-0.3, -0.25) is 0 Å². The Bertz CT molecular complexity index is 4450. The molecule has 0 atom stereocenters. The van der Waals surface area contributed by atoms with Crippen molar-refractivity contribution in [2.45, 2.75) is 209 Å². The Balaban J connectivity index is 0.00000965. The van der Waals surface area contributed by atoms with Gasteiger partial charge in [-0.1, -0.05) is 210 Å². The number of ether oxygens (including phenoxy) is 4. The van der Waals surface area contributed by atoms with Crippen LogP contribution >= 0.6 is 47.0 Å². The van der Waals surface area contributed by atoms with E-state index in [-0.39, 0.29) is 19.5 Å².